The molecule has 37 heavy (non-hydrogen) atoms. The zero-order valence-electron chi connectivity index (χ0n) is 21.5. The monoisotopic (exact) mass is 520 g/mol. The minimum absolute atomic E-state index is 0.0143. The number of amides is 3. The Morgan fingerprint density at radius 1 is 1.08 bits per heavy atom. The Bertz CT molecular complexity index is 1390. The Kier molecular flexibility index (Phi) is 7.89. The van der Waals surface area contributed by atoms with Crippen LogP contribution in [0.3, 0.4) is 0 Å². The first-order valence-electron chi connectivity index (χ1n) is 12.1. The summed E-state index contributed by atoms with van der Waals surface area (Å²) in [5.41, 5.74) is 3.10. The maximum Gasteiger partial charge on any atom is 0.326 e. The zero-order valence-corrected chi connectivity index (χ0v) is 22.3. The SMILES string of the molecule is CN(C(=O)CC(C)(C)C)c1ccc2c(c1)nc(NC(=O)Nc1ccc(-c3ccncc3)s1)n2CCCO. The third kappa shape index (κ3) is 6.52. The van der Waals surface area contributed by atoms with E-state index in [-0.39, 0.29) is 17.9 Å². The fraction of sp³-hybridized carbons (Fsp3) is 0.333. The van der Waals surface area contributed by atoms with Gasteiger partial charge in [-0.15, -0.1) is 11.3 Å². The maximum atomic E-state index is 12.8. The number of anilines is 3. The quantitative estimate of drug-likeness (QED) is 0.281. The van der Waals surface area contributed by atoms with Gasteiger partial charge in [0.2, 0.25) is 11.9 Å². The number of rotatable bonds is 8. The van der Waals surface area contributed by atoms with Crippen molar-refractivity contribution in [2.75, 3.05) is 29.2 Å². The van der Waals surface area contributed by atoms with Gasteiger partial charge in [0, 0.05) is 49.6 Å². The molecule has 4 rings (SSSR count). The van der Waals surface area contributed by atoms with Gasteiger partial charge in [-0.2, -0.15) is 0 Å². The van der Waals surface area contributed by atoms with Crippen molar-refractivity contribution < 1.29 is 14.7 Å². The Labute approximate surface area is 220 Å². The summed E-state index contributed by atoms with van der Waals surface area (Å²) < 4.78 is 1.86. The van der Waals surface area contributed by atoms with Gasteiger partial charge in [-0.1, -0.05) is 20.8 Å². The normalized spacial score (nSPS) is 11.5. The van der Waals surface area contributed by atoms with Gasteiger partial charge >= 0.3 is 6.03 Å². The van der Waals surface area contributed by atoms with E-state index >= 15 is 0 Å². The minimum Gasteiger partial charge on any atom is -0.396 e. The topological polar surface area (TPSA) is 112 Å². The average molecular weight is 521 g/mol. The molecule has 3 amide bonds. The molecule has 0 aliphatic carbocycles. The van der Waals surface area contributed by atoms with Crippen molar-refractivity contribution in [3.05, 3.63) is 54.9 Å². The number of aromatic nitrogens is 3. The number of thiophene rings is 1. The van der Waals surface area contributed by atoms with E-state index in [1.54, 1.807) is 24.3 Å². The number of benzene rings is 1. The zero-order chi connectivity index (χ0) is 26.6. The third-order valence-electron chi connectivity index (χ3n) is 5.75. The second kappa shape index (κ2) is 11.1. The molecule has 3 aromatic heterocycles. The summed E-state index contributed by atoms with van der Waals surface area (Å²) in [5, 5.41) is 15.8. The van der Waals surface area contributed by atoms with Crippen LogP contribution in [0.25, 0.3) is 21.5 Å². The van der Waals surface area contributed by atoms with Gasteiger partial charge in [0.1, 0.15) is 0 Å². The van der Waals surface area contributed by atoms with Crippen molar-refractivity contribution in [3.63, 3.8) is 0 Å². The second-order valence-corrected chi connectivity index (χ2v) is 11.1. The maximum absolute atomic E-state index is 12.8. The molecule has 0 saturated carbocycles. The molecule has 0 bridgehead atoms. The first-order chi connectivity index (χ1) is 17.6. The van der Waals surface area contributed by atoms with E-state index in [0.717, 1.165) is 21.6 Å². The number of urea groups is 1. The lowest BCUT2D eigenvalue weighted by molar-refractivity contribution is -0.120. The molecular formula is C27H32N6O3S. The van der Waals surface area contributed by atoms with Crippen LogP contribution in [0.5, 0.6) is 0 Å². The van der Waals surface area contributed by atoms with Crippen molar-refractivity contribution >= 4 is 50.9 Å². The predicted molar refractivity (Wildman–Crippen MR) is 149 cm³/mol. The number of nitrogens with zero attached hydrogens (tertiary/aromatic N) is 4. The highest BCUT2D eigenvalue weighted by Crippen LogP contribution is 2.31. The van der Waals surface area contributed by atoms with Crippen LogP contribution in [0.15, 0.2) is 54.9 Å². The number of fused-ring (bicyclic) bond motifs is 1. The molecule has 0 unspecified atom stereocenters. The lowest BCUT2D eigenvalue weighted by atomic mass is 9.91. The number of nitrogens with one attached hydrogen (secondary N) is 2. The summed E-state index contributed by atoms with van der Waals surface area (Å²) in [7, 11) is 1.76. The van der Waals surface area contributed by atoms with Gasteiger partial charge in [-0.05, 0) is 59.9 Å². The summed E-state index contributed by atoms with van der Waals surface area (Å²) in [4.78, 5) is 36.9. The summed E-state index contributed by atoms with van der Waals surface area (Å²) in [6, 6.07) is 12.8. The third-order valence-corrected chi connectivity index (χ3v) is 6.80. The van der Waals surface area contributed by atoms with Crippen LogP contribution in [0.1, 0.15) is 33.6 Å². The predicted octanol–water partition coefficient (Wildman–Crippen LogP) is 5.59. The molecule has 1 aromatic carbocycles. The molecule has 0 atom stereocenters. The molecular weight excluding hydrogens is 488 g/mol. The standard InChI is InChI=1S/C27H32N6O3S/c1-27(2,3)17-24(35)32(4)19-6-7-21-20(16-19)29-25(33(21)14-5-15-34)31-26(36)30-23-9-8-22(37-23)18-10-12-28-13-11-18/h6-13,16,34H,5,14-15,17H2,1-4H3,(H2,29,30,31,36). The minimum atomic E-state index is -0.415. The van der Waals surface area contributed by atoms with Crippen LogP contribution in [0.2, 0.25) is 0 Å². The van der Waals surface area contributed by atoms with Gasteiger partial charge in [-0.3, -0.25) is 20.4 Å². The van der Waals surface area contributed by atoms with Crippen molar-refractivity contribution in [3.8, 4) is 10.4 Å². The molecule has 194 valence electrons. The number of hydrogen-bond acceptors (Lipinski definition) is 6. The van der Waals surface area contributed by atoms with Crippen molar-refractivity contribution in [1.29, 1.82) is 0 Å². The highest BCUT2D eigenvalue weighted by Gasteiger charge is 2.21. The Morgan fingerprint density at radius 2 is 1.84 bits per heavy atom. The average Bonchev–Trinajstić information content (AvgIpc) is 3.45. The van der Waals surface area contributed by atoms with Crippen LogP contribution in [0.4, 0.5) is 21.4 Å². The molecule has 0 radical (unpaired) electrons. The van der Waals surface area contributed by atoms with E-state index in [1.807, 2.05) is 67.8 Å². The van der Waals surface area contributed by atoms with Crippen LogP contribution in [0, 0.1) is 5.41 Å². The molecule has 10 heteroatoms. The number of aryl methyl sites for hydroxylation is 1. The Morgan fingerprint density at radius 3 is 2.54 bits per heavy atom. The first kappa shape index (κ1) is 26.3. The molecule has 9 nitrogen and oxygen atoms in total. The number of imidazole rings is 1. The smallest absolute Gasteiger partial charge is 0.326 e. The number of carbonyl (C=O) groups is 2. The van der Waals surface area contributed by atoms with Crippen LogP contribution in [-0.4, -0.2) is 45.2 Å². The van der Waals surface area contributed by atoms with E-state index in [2.05, 4.69) is 20.6 Å². The lowest BCUT2D eigenvalue weighted by Gasteiger charge is -2.23. The Hall–Kier alpha value is -3.76. The van der Waals surface area contributed by atoms with E-state index in [4.69, 9.17) is 0 Å². The van der Waals surface area contributed by atoms with Gasteiger partial charge < -0.3 is 14.6 Å². The summed E-state index contributed by atoms with van der Waals surface area (Å²) in [6.07, 6.45) is 4.39. The van der Waals surface area contributed by atoms with Crippen LogP contribution in [-0.2, 0) is 11.3 Å². The van der Waals surface area contributed by atoms with E-state index in [9.17, 15) is 14.7 Å². The number of aliphatic hydroxyl groups is 1. The van der Waals surface area contributed by atoms with Crippen molar-refractivity contribution in [1.82, 2.24) is 14.5 Å². The van der Waals surface area contributed by atoms with E-state index in [0.29, 0.717) is 35.9 Å². The highest BCUT2D eigenvalue weighted by atomic mass is 32.1. The molecule has 3 N–H and O–H groups in total. The van der Waals surface area contributed by atoms with Gasteiger partial charge in [0.15, 0.2) is 0 Å². The molecule has 0 spiro atoms. The molecule has 0 saturated heterocycles. The first-order valence-corrected chi connectivity index (χ1v) is 12.9. The lowest BCUT2D eigenvalue weighted by Crippen LogP contribution is -2.29. The Balaban J connectivity index is 1.54. The van der Waals surface area contributed by atoms with Crippen molar-refractivity contribution in [2.45, 2.75) is 40.2 Å². The number of pyridine rings is 1. The van der Waals surface area contributed by atoms with Crippen LogP contribution < -0.4 is 15.5 Å². The number of carbonyl (C=O) groups excluding carboxylic acids is 2. The number of hydrogen-bond donors (Lipinski definition) is 3. The van der Waals surface area contributed by atoms with Crippen molar-refractivity contribution in [2.24, 2.45) is 5.41 Å². The molecule has 3 heterocycles. The second-order valence-electron chi connectivity index (χ2n) is 10.0. The largest absolute Gasteiger partial charge is 0.396 e. The van der Waals surface area contributed by atoms with E-state index < -0.39 is 6.03 Å². The van der Waals surface area contributed by atoms with Crippen LogP contribution >= 0.6 is 11.3 Å². The summed E-state index contributed by atoms with van der Waals surface area (Å²) in [6.45, 7) is 6.59. The van der Waals surface area contributed by atoms with Gasteiger partial charge in [0.05, 0.1) is 16.0 Å². The fourth-order valence-corrected chi connectivity index (χ4v) is 4.82. The molecule has 0 aliphatic rings. The highest BCUT2D eigenvalue weighted by molar-refractivity contribution is 7.19. The number of aliphatic hydroxyl groups excluding tert-OH is 1. The molecule has 0 fully saturated rings. The molecule has 0 aliphatic heterocycles. The summed E-state index contributed by atoms with van der Waals surface area (Å²) >= 11 is 1.46. The molecule has 4 aromatic rings. The van der Waals surface area contributed by atoms with Gasteiger partial charge in [0.25, 0.3) is 0 Å². The summed E-state index contributed by atoms with van der Waals surface area (Å²) in [5.74, 6) is 0.388. The van der Waals surface area contributed by atoms with Gasteiger partial charge in [-0.25, -0.2) is 9.78 Å². The fourth-order valence-electron chi connectivity index (χ4n) is 3.91. The van der Waals surface area contributed by atoms with E-state index in [1.165, 1.54) is 11.3 Å².